The van der Waals surface area contributed by atoms with Crippen LogP contribution in [0.1, 0.15) is 40.0 Å². The van der Waals surface area contributed by atoms with E-state index in [4.69, 9.17) is 8.83 Å². The van der Waals surface area contributed by atoms with E-state index < -0.39 is 23.1 Å². The summed E-state index contributed by atoms with van der Waals surface area (Å²) in [5.41, 5.74) is 0.234. The minimum atomic E-state index is -1.60. The van der Waals surface area contributed by atoms with Gasteiger partial charge in [-0.05, 0) is 18.6 Å². The Kier molecular flexibility index (Phi) is 7.49. The molecule has 7 nitrogen and oxygen atoms in total. The van der Waals surface area contributed by atoms with Crippen LogP contribution in [0.5, 0.6) is 0 Å². The Labute approximate surface area is 185 Å². The van der Waals surface area contributed by atoms with E-state index in [1.54, 1.807) is 0 Å². The number of rotatable bonds is 4. The summed E-state index contributed by atoms with van der Waals surface area (Å²) in [6.45, 7) is 1.88. The summed E-state index contributed by atoms with van der Waals surface area (Å²) in [5, 5.41) is 22.5. The average molecular weight is 360 g/mol. The molecule has 0 N–H and O–H groups in total. The molecule has 1 aromatic carbocycles. The zero-order chi connectivity index (χ0) is 16.7. The van der Waals surface area contributed by atoms with Crippen molar-refractivity contribution in [2.24, 2.45) is 0 Å². The molecule has 0 aliphatic rings. The molecule has 0 radical (unpaired) electrons. The first-order valence-electron chi connectivity index (χ1n) is 6.88. The Morgan fingerprint density at radius 1 is 0.960 bits per heavy atom. The molecule has 0 spiro atoms. The summed E-state index contributed by atoms with van der Waals surface area (Å²) in [6, 6.07) is 3.43. The summed E-state index contributed by atoms with van der Waals surface area (Å²) in [6.07, 6.45) is 1.11. The largest absolute Gasteiger partial charge is 1.00 e. The fourth-order valence-electron chi connectivity index (χ4n) is 2.56. The van der Waals surface area contributed by atoms with E-state index >= 15 is 0 Å². The van der Waals surface area contributed by atoms with Crippen molar-refractivity contribution in [2.45, 2.75) is 19.8 Å². The van der Waals surface area contributed by atoms with Crippen molar-refractivity contribution in [1.82, 2.24) is 0 Å². The van der Waals surface area contributed by atoms with E-state index in [1.165, 1.54) is 12.1 Å². The first kappa shape index (κ1) is 22.0. The molecule has 0 fully saturated rings. The smallest absolute Gasteiger partial charge is 0.542 e. The Bertz CT molecular complexity index is 1020. The fourth-order valence-corrected chi connectivity index (χ4v) is 2.56. The predicted octanol–water partition coefficient (Wildman–Crippen LogP) is -5.77. The van der Waals surface area contributed by atoms with Gasteiger partial charge in [0.15, 0.2) is 16.9 Å². The summed E-state index contributed by atoms with van der Waals surface area (Å²) < 4.78 is 10.5. The van der Waals surface area contributed by atoms with E-state index in [-0.39, 0.29) is 81.4 Å². The van der Waals surface area contributed by atoms with Crippen molar-refractivity contribution in [3.63, 3.8) is 0 Å². The van der Waals surface area contributed by atoms with Gasteiger partial charge >= 0.3 is 59.1 Å². The number of carbonyl (C=O) groups is 2. The van der Waals surface area contributed by atoms with Crippen LogP contribution in [0.3, 0.4) is 0 Å². The molecular formula is C16H10Na2O7. The number of hydrogen-bond acceptors (Lipinski definition) is 7. The normalized spacial score (nSPS) is 10.3. The molecule has 0 amide bonds. The van der Waals surface area contributed by atoms with Gasteiger partial charge in [0.2, 0.25) is 0 Å². The standard InChI is InChI=1S/C16H12O7.2Na/c1-2-3-7-8-4-12(15(18)19)22-11(8)5-9-10(17)6-13(16(20)21)23-14(7)9;;/h4-6H,2-3H2,1H3,(H,18,19)(H,20,21);;/q;2*+1/p-2. The van der Waals surface area contributed by atoms with Crippen molar-refractivity contribution in [1.29, 1.82) is 0 Å². The average Bonchev–Trinajstić information content (AvgIpc) is 2.92. The SMILES string of the molecule is CCCc1c2cc(C(=O)[O-])oc2cc2c(=O)cc(C(=O)[O-])oc12.[Na+].[Na+]. The molecule has 2 heterocycles. The van der Waals surface area contributed by atoms with E-state index in [2.05, 4.69) is 0 Å². The quantitative estimate of drug-likeness (QED) is 0.425. The summed E-state index contributed by atoms with van der Waals surface area (Å²) in [4.78, 5) is 34.1. The Hall–Kier alpha value is -1.09. The number of furan rings is 1. The predicted molar refractivity (Wildman–Crippen MR) is 74.9 cm³/mol. The second-order valence-electron chi connectivity index (χ2n) is 5.05. The van der Waals surface area contributed by atoms with Crippen LogP contribution in [-0.4, -0.2) is 11.9 Å². The zero-order valence-corrected chi connectivity index (χ0v) is 18.0. The molecule has 3 rings (SSSR count). The summed E-state index contributed by atoms with van der Waals surface area (Å²) in [7, 11) is 0. The van der Waals surface area contributed by atoms with Crippen LogP contribution in [0.25, 0.3) is 21.9 Å². The van der Waals surface area contributed by atoms with E-state index in [9.17, 15) is 24.6 Å². The van der Waals surface area contributed by atoms with Gasteiger partial charge in [-0.3, -0.25) is 4.79 Å². The van der Waals surface area contributed by atoms with Crippen molar-refractivity contribution >= 4 is 33.9 Å². The molecule has 0 bridgehead atoms. The topological polar surface area (TPSA) is 124 Å². The van der Waals surface area contributed by atoms with E-state index in [1.807, 2.05) is 6.92 Å². The second kappa shape index (κ2) is 8.53. The second-order valence-corrected chi connectivity index (χ2v) is 5.05. The molecular weight excluding hydrogens is 350 g/mol. The number of hydrogen-bond donors (Lipinski definition) is 0. The molecule has 25 heavy (non-hydrogen) atoms. The molecule has 118 valence electrons. The van der Waals surface area contributed by atoms with E-state index in [0.717, 1.165) is 6.07 Å². The van der Waals surface area contributed by atoms with Gasteiger partial charge in [-0.2, -0.15) is 0 Å². The maximum atomic E-state index is 12.1. The molecule has 9 heteroatoms. The van der Waals surface area contributed by atoms with Gasteiger partial charge in [-0.15, -0.1) is 0 Å². The van der Waals surface area contributed by atoms with Crippen LogP contribution in [0.15, 0.2) is 31.8 Å². The number of benzene rings is 1. The first-order valence-corrected chi connectivity index (χ1v) is 6.88. The Balaban J connectivity index is 0.00000156. The van der Waals surface area contributed by atoms with Gasteiger partial charge in [0.05, 0.1) is 5.39 Å². The third kappa shape index (κ3) is 4.02. The third-order valence-electron chi connectivity index (χ3n) is 3.52. The van der Waals surface area contributed by atoms with Crippen LogP contribution < -0.4 is 74.8 Å². The zero-order valence-electron chi connectivity index (χ0n) is 14.0. The maximum absolute atomic E-state index is 12.1. The molecule has 0 aliphatic carbocycles. The first-order chi connectivity index (χ1) is 10.9. The molecule has 0 saturated carbocycles. The van der Waals surface area contributed by atoms with Crippen molar-refractivity contribution in [3.8, 4) is 0 Å². The van der Waals surface area contributed by atoms with Gasteiger partial charge in [-0.1, -0.05) is 13.3 Å². The third-order valence-corrected chi connectivity index (χ3v) is 3.52. The summed E-state index contributed by atoms with van der Waals surface area (Å²) in [5.74, 6) is -4.04. The van der Waals surface area contributed by atoms with Gasteiger partial charge < -0.3 is 28.6 Å². The van der Waals surface area contributed by atoms with Crippen LogP contribution >= 0.6 is 0 Å². The number of carboxylic acids is 2. The van der Waals surface area contributed by atoms with Crippen molar-refractivity contribution < 1.29 is 87.8 Å². The molecule has 0 saturated heterocycles. The number of carboxylic acid groups (broad SMARTS) is 2. The minimum Gasteiger partial charge on any atom is -0.542 e. The fraction of sp³-hybridized carbons (Fsp3) is 0.188. The number of aryl methyl sites for hydroxylation is 1. The number of carbonyl (C=O) groups excluding carboxylic acids is 2. The summed E-state index contributed by atoms with van der Waals surface area (Å²) >= 11 is 0. The molecule has 2 aromatic heterocycles. The van der Waals surface area contributed by atoms with Gasteiger partial charge in [0, 0.05) is 17.0 Å². The minimum absolute atomic E-state index is 0. The van der Waals surface area contributed by atoms with Crippen molar-refractivity contribution in [3.05, 3.63) is 45.5 Å². The van der Waals surface area contributed by atoms with Crippen molar-refractivity contribution in [2.75, 3.05) is 0 Å². The monoisotopic (exact) mass is 360 g/mol. The Morgan fingerprint density at radius 3 is 2.12 bits per heavy atom. The van der Waals surface area contributed by atoms with Crippen LogP contribution in [0.4, 0.5) is 0 Å². The molecule has 0 atom stereocenters. The number of fused-ring (bicyclic) bond motifs is 2. The van der Waals surface area contributed by atoms with Crippen LogP contribution in [0.2, 0.25) is 0 Å². The van der Waals surface area contributed by atoms with Crippen LogP contribution in [-0.2, 0) is 6.42 Å². The molecule has 3 aromatic rings. The Morgan fingerprint density at radius 2 is 1.56 bits per heavy atom. The number of aromatic carboxylic acids is 2. The van der Waals surface area contributed by atoms with Crippen LogP contribution in [0, 0.1) is 0 Å². The van der Waals surface area contributed by atoms with E-state index in [0.29, 0.717) is 23.8 Å². The van der Waals surface area contributed by atoms with Gasteiger partial charge in [-0.25, -0.2) is 0 Å². The van der Waals surface area contributed by atoms with Gasteiger partial charge in [0.1, 0.15) is 23.1 Å². The molecule has 0 unspecified atom stereocenters. The van der Waals surface area contributed by atoms with Gasteiger partial charge in [0.25, 0.3) is 0 Å². The maximum Gasteiger partial charge on any atom is 1.00 e. The molecule has 0 aliphatic heterocycles.